The zero-order valence-electron chi connectivity index (χ0n) is 12.0. The molecule has 2 aromatic carbocycles. The highest BCUT2D eigenvalue weighted by molar-refractivity contribution is 7.99. The molecule has 0 radical (unpaired) electrons. The molecule has 0 aliphatic rings. The molecule has 0 heterocycles. The molecule has 21 heavy (non-hydrogen) atoms. The molecule has 1 N–H and O–H groups in total. The van der Waals surface area contributed by atoms with Crippen LogP contribution in [0.5, 0.6) is 0 Å². The average molecular weight is 296 g/mol. The van der Waals surface area contributed by atoms with Crippen LogP contribution >= 0.6 is 11.8 Å². The molecule has 0 unspecified atom stereocenters. The van der Waals surface area contributed by atoms with E-state index < -0.39 is 0 Å². The Labute approximate surface area is 129 Å². The summed E-state index contributed by atoms with van der Waals surface area (Å²) >= 11 is 1.44. The molecule has 2 aromatic rings. The number of amides is 1. The van der Waals surface area contributed by atoms with E-state index in [4.69, 9.17) is 5.26 Å². The third kappa shape index (κ3) is 3.87. The van der Waals surface area contributed by atoms with Crippen LogP contribution in [0.15, 0.2) is 58.3 Å². The SMILES string of the molecule is CC(C)NC(=O)c1ccccc1Sc1ccccc1C#N. The van der Waals surface area contributed by atoms with Gasteiger partial charge in [-0.25, -0.2) is 0 Å². The fourth-order valence-electron chi connectivity index (χ4n) is 1.85. The Morgan fingerprint density at radius 3 is 2.38 bits per heavy atom. The van der Waals surface area contributed by atoms with Crippen molar-refractivity contribution in [2.45, 2.75) is 29.7 Å². The first-order valence-electron chi connectivity index (χ1n) is 6.68. The lowest BCUT2D eigenvalue weighted by molar-refractivity contribution is 0.0940. The zero-order chi connectivity index (χ0) is 15.2. The lowest BCUT2D eigenvalue weighted by Crippen LogP contribution is -2.30. The van der Waals surface area contributed by atoms with E-state index in [0.29, 0.717) is 11.1 Å². The van der Waals surface area contributed by atoms with E-state index in [1.54, 1.807) is 12.1 Å². The summed E-state index contributed by atoms with van der Waals surface area (Å²) in [6, 6.07) is 17.1. The zero-order valence-corrected chi connectivity index (χ0v) is 12.8. The van der Waals surface area contributed by atoms with Gasteiger partial charge in [-0.05, 0) is 38.1 Å². The number of nitrogens with zero attached hydrogens (tertiary/aromatic N) is 1. The van der Waals surface area contributed by atoms with E-state index in [9.17, 15) is 4.79 Å². The summed E-state index contributed by atoms with van der Waals surface area (Å²) < 4.78 is 0. The van der Waals surface area contributed by atoms with Gasteiger partial charge in [-0.3, -0.25) is 4.79 Å². The Morgan fingerprint density at radius 1 is 1.10 bits per heavy atom. The number of hydrogen-bond acceptors (Lipinski definition) is 3. The van der Waals surface area contributed by atoms with Gasteiger partial charge in [0.05, 0.1) is 11.1 Å². The van der Waals surface area contributed by atoms with Gasteiger partial charge in [0.2, 0.25) is 0 Å². The molecule has 0 saturated heterocycles. The number of rotatable bonds is 4. The van der Waals surface area contributed by atoms with Gasteiger partial charge in [-0.1, -0.05) is 36.0 Å². The maximum atomic E-state index is 12.2. The Morgan fingerprint density at radius 2 is 1.71 bits per heavy atom. The number of nitriles is 1. The predicted octanol–water partition coefficient (Wildman–Crippen LogP) is 3.85. The molecule has 2 rings (SSSR count). The fourth-order valence-corrected chi connectivity index (χ4v) is 2.87. The Bertz CT molecular complexity index is 689. The van der Waals surface area contributed by atoms with E-state index in [1.165, 1.54) is 11.8 Å². The summed E-state index contributed by atoms with van der Waals surface area (Å²) in [5.41, 5.74) is 1.24. The molecule has 0 aliphatic carbocycles. The second-order valence-electron chi connectivity index (χ2n) is 4.83. The molecular weight excluding hydrogens is 280 g/mol. The molecule has 106 valence electrons. The molecule has 0 aromatic heterocycles. The van der Waals surface area contributed by atoms with Gasteiger partial charge in [-0.2, -0.15) is 5.26 Å². The highest BCUT2D eigenvalue weighted by Gasteiger charge is 2.13. The maximum Gasteiger partial charge on any atom is 0.252 e. The molecule has 0 saturated carbocycles. The molecule has 3 nitrogen and oxygen atoms in total. The van der Waals surface area contributed by atoms with Gasteiger partial charge in [0.25, 0.3) is 5.91 Å². The van der Waals surface area contributed by atoms with Crippen molar-refractivity contribution in [2.24, 2.45) is 0 Å². The molecule has 0 spiro atoms. The number of hydrogen-bond donors (Lipinski definition) is 1. The van der Waals surface area contributed by atoms with Gasteiger partial charge < -0.3 is 5.32 Å². The van der Waals surface area contributed by atoms with Crippen LogP contribution < -0.4 is 5.32 Å². The predicted molar refractivity (Wildman–Crippen MR) is 84.3 cm³/mol. The van der Waals surface area contributed by atoms with Crippen molar-refractivity contribution in [2.75, 3.05) is 0 Å². The fraction of sp³-hybridized carbons (Fsp3) is 0.176. The smallest absolute Gasteiger partial charge is 0.252 e. The van der Waals surface area contributed by atoms with Crippen molar-refractivity contribution < 1.29 is 4.79 Å². The van der Waals surface area contributed by atoms with Crippen molar-refractivity contribution in [3.63, 3.8) is 0 Å². The first kappa shape index (κ1) is 15.1. The second kappa shape index (κ2) is 6.96. The molecular formula is C17H16N2OS. The van der Waals surface area contributed by atoms with Gasteiger partial charge in [0.15, 0.2) is 0 Å². The van der Waals surface area contributed by atoms with Gasteiger partial charge in [-0.15, -0.1) is 0 Å². The molecule has 0 aliphatic heterocycles. The molecule has 4 heteroatoms. The first-order chi connectivity index (χ1) is 10.1. The highest BCUT2D eigenvalue weighted by Crippen LogP contribution is 2.32. The Kier molecular flexibility index (Phi) is 5.02. The van der Waals surface area contributed by atoms with Crippen LogP contribution in [0.1, 0.15) is 29.8 Å². The van der Waals surface area contributed by atoms with Crippen LogP contribution in [0, 0.1) is 11.3 Å². The summed E-state index contributed by atoms with van der Waals surface area (Å²) in [7, 11) is 0. The highest BCUT2D eigenvalue weighted by atomic mass is 32.2. The van der Waals surface area contributed by atoms with Crippen molar-refractivity contribution in [3.8, 4) is 6.07 Å². The van der Waals surface area contributed by atoms with Crippen molar-refractivity contribution in [1.82, 2.24) is 5.32 Å². The van der Waals surface area contributed by atoms with Crippen molar-refractivity contribution in [1.29, 1.82) is 5.26 Å². The van der Waals surface area contributed by atoms with Crippen LogP contribution in [0.3, 0.4) is 0 Å². The largest absolute Gasteiger partial charge is 0.350 e. The number of carbonyl (C=O) groups is 1. The number of carbonyl (C=O) groups excluding carboxylic acids is 1. The molecule has 1 amide bonds. The minimum atomic E-state index is -0.0949. The first-order valence-corrected chi connectivity index (χ1v) is 7.50. The quantitative estimate of drug-likeness (QED) is 0.932. The standard InChI is InChI=1S/C17H16N2OS/c1-12(2)19-17(20)14-8-4-6-10-16(14)21-15-9-5-3-7-13(15)11-18/h3-10,12H,1-2H3,(H,19,20). The van der Waals surface area contributed by atoms with E-state index in [-0.39, 0.29) is 11.9 Å². The minimum Gasteiger partial charge on any atom is -0.350 e. The van der Waals surface area contributed by atoms with Crippen molar-refractivity contribution in [3.05, 3.63) is 59.7 Å². The van der Waals surface area contributed by atoms with Crippen LogP contribution in [0.25, 0.3) is 0 Å². The second-order valence-corrected chi connectivity index (χ2v) is 5.92. The van der Waals surface area contributed by atoms with Crippen LogP contribution in [-0.2, 0) is 0 Å². The average Bonchev–Trinajstić information content (AvgIpc) is 2.47. The number of nitrogens with one attached hydrogen (secondary N) is 1. The third-order valence-corrected chi connectivity index (χ3v) is 3.93. The van der Waals surface area contributed by atoms with Crippen molar-refractivity contribution >= 4 is 17.7 Å². The summed E-state index contributed by atoms with van der Waals surface area (Å²) in [6.07, 6.45) is 0. The Balaban J connectivity index is 2.33. The topological polar surface area (TPSA) is 52.9 Å². The van der Waals surface area contributed by atoms with Crippen LogP contribution in [0.2, 0.25) is 0 Å². The summed E-state index contributed by atoms with van der Waals surface area (Å²) in [5, 5.41) is 12.0. The lowest BCUT2D eigenvalue weighted by Gasteiger charge is -2.12. The van der Waals surface area contributed by atoms with Crippen LogP contribution in [0.4, 0.5) is 0 Å². The van der Waals surface area contributed by atoms with E-state index in [0.717, 1.165) is 9.79 Å². The third-order valence-electron chi connectivity index (χ3n) is 2.78. The lowest BCUT2D eigenvalue weighted by atomic mass is 10.2. The molecule has 0 atom stereocenters. The minimum absolute atomic E-state index is 0.0851. The number of benzene rings is 2. The normalized spacial score (nSPS) is 10.2. The van der Waals surface area contributed by atoms with E-state index in [1.807, 2.05) is 50.2 Å². The summed E-state index contributed by atoms with van der Waals surface area (Å²) in [5.74, 6) is -0.0949. The van der Waals surface area contributed by atoms with Gasteiger partial charge in [0, 0.05) is 15.8 Å². The van der Waals surface area contributed by atoms with Gasteiger partial charge in [0.1, 0.15) is 6.07 Å². The summed E-state index contributed by atoms with van der Waals surface area (Å²) in [6.45, 7) is 3.86. The van der Waals surface area contributed by atoms with Gasteiger partial charge >= 0.3 is 0 Å². The van der Waals surface area contributed by atoms with E-state index >= 15 is 0 Å². The van der Waals surface area contributed by atoms with E-state index in [2.05, 4.69) is 11.4 Å². The molecule has 0 bridgehead atoms. The van der Waals surface area contributed by atoms with Crippen LogP contribution in [-0.4, -0.2) is 11.9 Å². The summed E-state index contributed by atoms with van der Waals surface area (Å²) in [4.78, 5) is 13.9. The Hall–Kier alpha value is -2.25. The maximum absolute atomic E-state index is 12.2. The molecule has 0 fully saturated rings. The monoisotopic (exact) mass is 296 g/mol.